The van der Waals surface area contributed by atoms with Crippen LogP contribution in [0.4, 0.5) is 0 Å². The largest absolute Gasteiger partial charge is 0.484 e. The van der Waals surface area contributed by atoms with E-state index in [1.807, 2.05) is 34.9 Å². The number of benzene rings is 1. The lowest BCUT2D eigenvalue weighted by molar-refractivity contribution is -0.142. The number of aliphatic hydroxyl groups excluding tert-OH is 1. The van der Waals surface area contributed by atoms with E-state index in [-0.39, 0.29) is 17.3 Å². The van der Waals surface area contributed by atoms with E-state index in [2.05, 4.69) is 16.0 Å². The van der Waals surface area contributed by atoms with Crippen molar-refractivity contribution in [3.8, 4) is 5.75 Å². The predicted octanol–water partition coefficient (Wildman–Crippen LogP) is 2.02. The molecule has 3 heterocycles. The quantitative estimate of drug-likeness (QED) is 0.368. The van der Waals surface area contributed by atoms with Gasteiger partial charge >= 0.3 is 0 Å². The Morgan fingerprint density at radius 1 is 0.980 bits per heavy atom. The maximum atomic E-state index is 13.6. The number of likely N-dealkylation sites (tertiary alicyclic amines) is 1. The Morgan fingerprint density at radius 3 is 2.37 bits per heavy atom. The van der Waals surface area contributed by atoms with Crippen molar-refractivity contribution in [2.45, 2.75) is 100 Å². The van der Waals surface area contributed by atoms with Crippen LogP contribution in [-0.4, -0.2) is 112 Å². The van der Waals surface area contributed by atoms with Crippen LogP contribution in [0.15, 0.2) is 24.3 Å². The van der Waals surface area contributed by atoms with Crippen LogP contribution in [0.5, 0.6) is 5.75 Å². The summed E-state index contributed by atoms with van der Waals surface area (Å²) in [5.74, 6) is 1.89. The Balaban J connectivity index is 1.05. The highest BCUT2D eigenvalue weighted by Gasteiger charge is 2.51. The number of hydrogen-bond donors (Lipinski definition) is 4. The first-order chi connectivity index (χ1) is 24.5. The molecule has 0 unspecified atom stereocenters. The van der Waals surface area contributed by atoms with Crippen molar-refractivity contribution in [1.29, 1.82) is 0 Å². The van der Waals surface area contributed by atoms with Gasteiger partial charge in [-0.05, 0) is 118 Å². The van der Waals surface area contributed by atoms with Crippen molar-refractivity contribution >= 4 is 41.3 Å². The SMILES string of the molecule is C[C@@H]1NC(=O)COc2cccc(c2)CC2(CCN(C(=O)CSC34CC5CC(CC(C5)C3)C4)CC2)CNC(=O)[C@H](CO)NC(=O)[C@@H]2CCCN2C1=O. The highest BCUT2D eigenvalue weighted by Crippen LogP contribution is 2.60. The van der Waals surface area contributed by atoms with E-state index >= 15 is 0 Å². The molecule has 13 heteroatoms. The number of nitrogens with one attached hydrogen (secondary N) is 3. The summed E-state index contributed by atoms with van der Waals surface area (Å²) in [5, 5.41) is 18.5. The summed E-state index contributed by atoms with van der Waals surface area (Å²) in [7, 11) is 0. The van der Waals surface area contributed by atoms with Gasteiger partial charge in [-0.1, -0.05) is 12.1 Å². The standard InChI is InChI=1S/C38H53N5O7S/c1-24-36(49)43-9-3-6-31(43)35(48)41-30(20-44)34(47)39-23-37(16-25-4-2-5-29(15-25)50-21-32(45)40-24)7-10-42(11-8-37)33(46)22-51-38-17-26-12-27(18-38)14-28(13-26)19-38/h2,4-5,15,24,26-28,30-31,44H,3,6-14,16-23H2,1H3,(H,39,47)(H,40,45)(H,41,48)/t24-,26?,27?,28?,30-,31-,38?/m0/s1. The smallest absolute Gasteiger partial charge is 0.258 e. The third-order valence-electron chi connectivity index (χ3n) is 12.5. The molecule has 4 aliphatic carbocycles. The topological polar surface area (TPSA) is 157 Å². The molecule has 1 spiro atoms. The molecular weight excluding hydrogens is 671 g/mol. The third-order valence-corrected chi connectivity index (χ3v) is 14.1. The van der Waals surface area contributed by atoms with Crippen molar-refractivity contribution in [3.05, 3.63) is 29.8 Å². The second-order valence-electron chi connectivity index (χ2n) is 16.3. The van der Waals surface area contributed by atoms with Crippen LogP contribution < -0.4 is 20.7 Å². The minimum absolute atomic E-state index is 0.191. The van der Waals surface area contributed by atoms with Crippen LogP contribution in [0.1, 0.15) is 76.7 Å². The van der Waals surface area contributed by atoms with Crippen LogP contribution in [0, 0.1) is 23.2 Å². The number of ether oxygens (including phenoxy) is 1. The molecule has 7 aliphatic rings. The van der Waals surface area contributed by atoms with Crippen LogP contribution >= 0.6 is 11.8 Å². The number of aliphatic hydroxyl groups is 1. The van der Waals surface area contributed by atoms with E-state index in [0.29, 0.717) is 69.8 Å². The van der Waals surface area contributed by atoms with E-state index < -0.39 is 53.8 Å². The summed E-state index contributed by atoms with van der Waals surface area (Å²) in [5.41, 5.74) is 0.570. The lowest BCUT2D eigenvalue weighted by Crippen LogP contribution is -2.57. The number of rotatable bonds is 4. The van der Waals surface area contributed by atoms with Gasteiger partial charge in [0.25, 0.3) is 5.91 Å². The van der Waals surface area contributed by atoms with Gasteiger partial charge in [0.2, 0.25) is 23.6 Å². The van der Waals surface area contributed by atoms with Gasteiger partial charge in [0, 0.05) is 30.9 Å². The zero-order valence-corrected chi connectivity index (χ0v) is 30.5. The fourth-order valence-corrected chi connectivity index (χ4v) is 11.9. The van der Waals surface area contributed by atoms with Crippen molar-refractivity contribution in [2.75, 3.05) is 45.1 Å². The second-order valence-corrected chi connectivity index (χ2v) is 17.8. The van der Waals surface area contributed by atoms with Gasteiger partial charge in [-0.25, -0.2) is 0 Å². The zero-order valence-electron chi connectivity index (χ0n) is 29.7. The fraction of sp³-hybridized carbons (Fsp3) is 0.711. The lowest BCUT2D eigenvalue weighted by Gasteiger charge is -2.56. The van der Waals surface area contributed by atoms with Crippen molar-refractivity contribution in [3.63, 3.8) is 0 Å². The third kappa shape index (κ3) is 8.04. The molecule has 0 aromatic heterocycles. The average Bonchev–Trinajstić information content (AvgIpc) is 3.61. The fourth-order valence-electron chi connectivity index (χ4n) is 10.2. The normalized spacial score (nSPS) is 34.1. The molecule has 1 aromatic carbocycles. The summed E-state index contributed by atoms with van der Waals surface area (Å²) in [4.78, 5) is 69.9. The zero-order chi connectivity index (χ0) is 35.8. The molecule has 4 saturated carbocycles. The molecule has 3 aliphatic heterocycles. The van der Waals surface area contributed by atoms with Crippen LogP contribution in [-0.2, 0) is 30.4 Å². The summed E-state index contributed by atoms with van der Waals surface area (Å²) >= 11 is 1.92. The molecule has 278 valence electrons. The molecule has 5 amide bonds. The first kappa shape index (κ1) is 36.1. The lowest BCUT2D eigenvalue weighted by atomic mass is 9.56. The number of carbonyl (C=O) groups excluding carboxylic acids is 5. The Morgan fingerprint density at radius 2 is 1.69 bits per heavy atom. The number of piperidine rings is 1. The summed E-state index contributed by atoms with van der Waals surface area (Å²) in [6.45, 7) is 2.50. The van der Waals surface area contributed by atoms with Gasteiger partial charge in [-0.15, -0.1) is 11.8 Å². The summed E-state index contributed by atoms with van der Waals surface area (Å²) in [6, 6.07) is 4.65. The van der Waals surface area contributed by atoms with Gasteiger partial charge < -0.3 is 35.6 Å². The maximum Gasteiger partial charge on any atom is 0.258 e. The first-order valence-electron chi connectivity index (χ1n) is 18.9. The molecular formula is C38H53N5O7S. The van der Waals surface area contributed by atoms with E-state index in [0.717, 1.165) is 23.3 Å². The van der Waals surface area contributed by atoms with E-state index in [9.17, 15) is 29.1 Å². The molecule has 8 rings (SSSR count). The second kappa shape index (κ2) is 15.0. The summed E-state index contributed by atoms with van der Waals surface area (Å²) < 4.78 is 6.12. The molecule has 0 radical (unpaired) electrons. The molecule has 4 N–H and O–H groups in total. The van der Waals surface area contributed by atoms with Gasteiger partial charge in [0.05, 0.1) is 12.4 Å². The summed E-state index contributed by atoms with van der Waals surface area (Å²) in [6.07, 6.45) is 10.9. The molecule has 3 atom stereocenters. The first-order valence-corrected chi connectivity index (χ1v) is 19.9. The minimum Gasteiger partial charge on any atom is -0.484 e. The van der Waals surface area contributed by atoms with Gasteiger partial charge in [-0.2, -0.15) is 0 Å². The van der Waals surface area contributed by atoms with Crippen LogP contribution in [0.2, 0.25) is 0 Å². The highest BCUT2D eigenvalue weighted by molar-refractivity contribution is 8.01. The average molecular weight is 724 g/mol. The highest BCUT2D eigenvalue weighted by atomic mass is 32.2. The van der Waals surface area contributed by atoms with Crippen LogP contribution in [0.25, 0.3) is 0 Å². The predicted molar refractivity (Wildman–Crippen MR) is 192 cm³/mol. The number of amides is 5. The molecule has 6 bridgehead atoms. The number of hydrogen-bond acceptors (Lipinski definition) is 8. The molecule has 1 aromatic rings. The van der Waals surface area contributed by atoms with Gasteiger partial charge in [0.15, 0.2) is 6.61 Å². The van der Waals surface area contributed by atoms with E-state index in [4.69, 9.17) is 4.74 Å². The number of nitrogens with zero attached hydrogens (tertiary/aromatic N) is 2. The van der Waals surface area contributed by atoms with Crippen molar-refractivity contribution in [2.24, 2.45) is 23.2 Å². The molecule has 12 nitrogen and oxygen atoms in total. The molecule has 6 fully saturated rings. The molecule has 51 heavy (non-hydrogen) atoms. The van der Waals surface area contributed by atoms with E-state index in [1.54, 1.807) is 13.0 Å². The van der Waals surface area contributed by atoms with Gasteiger partial charge in [0.1, 0.15) is 23.9 Å². The minimum atomic E-state index is -1.19. The number of carbonyl (C=O) groups is 5. The Bertz CT molecular complexity index is 1480. The molecule has 2 saturated heterocycles. The van der Waals surface area contributed by atoms with Crippen molar-refractivity contribution < 1.29 is 33.8 Å². The maximum absolute atomic E-state index is 13.6. The Kier molecular flexibility index (Phi) is 10.6. The van der Waals surface area contributed by atoms with E-state index in [1.165, 1.54) is 43.4 Å². The Hall–Kier alpha value is -3.32. The van der Waals surface area contributed by atoms with Crippen molar-refractivity contribution in [1.82, 2.24) is 25.8 Å². The van der Waals surface area contributed by atoms with Gasteiger partial charge in [-0.3, -0.25) is 24.0 Å². The Labute approximate surface area is 304 Å². The monoisotopic (exact) mass is 723 g/mol. The van der Waals surface area contributed by atoms with Crippen LogP contribution in [0.3, 0.4) is 0 Å². The number of fused-ring (bicyclic) bond motifs is 3. The number of thioether (sulfide) groups is 1.